The molecule has 0 spiro atoms. The molecule has 0 N–H and O–H groups in total. The minimum absolute atomic E-state index is 0. The van der Waals surface area contributed by atoms with Crippen molar-refractivity contribution >= 4 is 5.97 Å². The molecule has 0 heterocycles. The van der Waals surface area contributed by atoms with Gasteiger partial charge in [-0.05, 0) is 6.92 Å². The van der Waals surface area contributed by atoms with Crippen LogP contribution in [0.25, 0.3) is 0 Å². The molecule has 0 aliphatic rings. The van der Waals surface area contributed by atoms with E-state index in [2.05, 4.69) is 0 Å². The summed E-state index contributed by atoms with van der Waals surface area (Å²) in [6, 6.07) is 0. The van der Waals surface area contributed by atoms with Crippen LogP contribution in [-0.2, 0) is 27.3 Å². The summed E-state index contributed by atoms with van der Waals surface area (Å²) in [5, 5.41) is 8.89. The van der Waals surface area contributed by atoms with Crippen molar-refractivity contribution < 1.29 is 32.4 Å². The van der Waals surface area contributed by atoms with E-state index < -0.39 is 5.97 Å². The minimum atomic E-state index is -1.08. The zero-order valence-corrected chi connectivity index (χ0v) is 4.28. The summed E-state index contributed by atoms with van der Waals surface area (Å²) in [6.07, 6.45) is 0. The molecule has 0 saturated heterocycles. The van der Waals surface area contributed by atoms with Crippen LogP contribution in [0, 0.1) is 0 Å². The van der Waals surface area contributed by atoms with Gasteiger partial charge in [0, 0.05) is 5.97 Å². The molecule has 3 nitrogen and oxygen atoms in total. The average Bonchev–Trinajstić information content (AvgIpc) is 0.811. The number of hydrogen-bond donors (Lipinski definition) is 0. The Morgan fingerprint density at radius 3 is 1.67 bits per heavy atom. The average molecular weight is 130 g/mol. The zero-order valence-electron chi connectivity index (χ0n) is 3.10. The van der Waals surface area contributed by atoms with E-state index in [9.17, 15) is 0 Å². The van der Waals surface area contributed by atoms with Crippen LogP contribution in [0.4, 0.5) is 0 Å². The molecule has 0 aromatic carbocycles. The molecule has 4 heteroatoms. The van der Waals surface area contributed by atoms with Crippen LogP contribution in [0.1, 0.15) is 6.92 Å². The largest absolute Gasteiger partial charge is 3.00 e. The topological polar surface area (TPSA) is 68.6 Å². The molecule has 0 fully saturated rings. The first-order chi connectivity index (χ1) is 1.73. The third kappa shape index (κ3) is 13500. The minimum Gasteiger partial charge on any atom is -2.00 e. The van der Waals surface area contributed by atoms with Crippen molar-refractivity contribution in [3.8, 4) is 0 Å². The molecule has 0 saturated carbocycles. The van der Waals surface area contributed by atoms with Gasteiger partial charge in [0.1, 0.15) is 0 Å². The number of carbonyl (C=O) groups is 1. The van der Waals surface area contributed by atoms with E-state index >= 15 is 0 Å². The molecular formula is C2H3MnO3. The Labute approximate surface area is 46.1 Å². The number of carboxylic acid groups (broad SMARTS) is 1. The van der Waals surface area contributed by atoms with E-state index in [4.69, 9.17) is 9.90 Å². The summed E-state index contributed by atoms with van der Waals surface area (Å²) in [6.45, 7) is 0.972. The van der Waals surface area contributed by atoms with Crippen LogP contribution in [-0.4, -0.2) is 5.97 Å². The van der Waals surface area contributed by atoms with Gasteiger partial charge >= 0.3 is 17.1 Å². The maximum Gasteiger partial charge on any atom is 3.00 e. The van der Waals surface area contributed by atoms with Crippen LogP contribution in [0.5, 0.6) is 0 Å². The van der Waals surface area contributed by atoms with Crippen molar-refractivity contribution in [1.29, 1.82) is 0 Å². The smallest absolute Gasteiger partial charge is 2.00 e. The van der Waals surface area contributed by atoms with Gasteiger partial charge in [0.25, 0.3) is 0 Å². The van der Waals surface area contributed by atoms with Gasteiger partial charge in [0.15, 0.2) is 0 Å². The van der Waals surface area contributed by atoms with Gasteiger partial charge in [0.05, 0.1) is 0 Å². The quantitative estimate of drug-likeness (QED) is 0.380. The zero-order chi connectivity index (χ0) is 3.58. The van der Waals surface area contributed by atoms with Gasteiger partial charge < -0.3 is 15.4 Å². The van der Waals surface area contributed by atoms with Gasteiger partial charge in [-0.25, -0.2) is 0 Å². The first-order valence-electron chi connectivity index (χ1n) is 0.908. The third-order valence-corrected chi connectivity index (χ3v) is 0. The molecule has 36 valence electrons. The van der Waals surface area contributed by atoms with E-state index in [0.29, 0.717) is 0 Å². The Bertz CT molecular complexity index is 31.8. The summed E-state index contributed by atoms with van der Waals surface area (Å²) >= 11 is 0. The van der Waals surface area contributed by atoms with Gasteiger partial charge in [-0.2, -0.15) is 0 Å². The Kier molecular flexibility index (Phi) is 24.8. The Morgan fingerprint density at radius 1 is 1.67 bits per heavy atom. The second-order valence-electron chi connectivity index (χ2n) is 0.492. The molecule has 6 heavy (non-hydrogen) atoms. The molecule has 0 aromatic heterocycles. The second kappa shape index (κ2) is 8.87. The molecule has 0 atom stereocenters. The van der Waals surface area contributed by atoms with Crippen LogP contribution in [0.15, 0.2) is 0 Å². The summed E-state index contributed by atoms with van der Waals surface area (Å²) in [5.41, 5.74) is 0. The third-order valence-electron chi connectivity index (χ3n) is 0. The predicted molar refractivity (Wildman–Crippen MR) is 11.4 cm³/mol. The Hall–Kier alpha value is -0.0505. The number of carboxylic acids is 1. The maximum absolute atomic E-state index is 8.89. The fourth-order valence-corrected chi connectivity index (χ4v) is 0. The van der Waals surface area contributed by atoms with Crippen molar-refractivity contribution in [2.75, 3.05) is 0 Å². The molecule has 0 bridgehead atoms. The molecule has 0 unspecified atom stereocenters. The maximum atomic E-state index is 8.89. The van der Waals surface area contributed by atoms with Gasteiger partial charge in [-0.1, -0.05) is 0 Å². The number of rotatable bonds is 0. The first-order valence-corrected chi connectivity index (χ1v) is 0.908. The fourth-order valence-electron chi connectivity index (χ4n) is 0. The van der Waals surface area contributed by atoms with Crippen LogP contribution < -0.4 is 5.11 Å². The van der Waals surface area contributed by atoms with Gasteiger partial charge in [-0.15, -0.1) is 0 Å². The van der Waals surface area contributed by atoms with Crippen LogP contribution >= 0.6 is 0 Å². The van der Waals surface area contributed by atoms with Crippen molar-refractivity contribution in [2.45, 2.75) is 6.92 Å². The standard InChI is InChI=1S/C2H4O2.Mn.O/c1-2(3)4;;/h1H3,(H,3,4);;/q;+3;-2/p-1. The van der Waals surface area contributed by atoms with E-state index in [-0.39, 0.29) is 22.5 Å². The van der Waals surface area contributed by atoms with Crippen molar-refractivity contribution in [1.82, 2.24) is 0 Å². The number of hydrogen-bond acceptors (Lipinski definition) is 2. The van der Waals surface area contributed by atoms with E-state index in [0.717, 1.165) is 6.92 Å². The normalized spacial score (nSPS) is 4.17. The molecule has 0 aliphatic heterocycles. The van der Waals surface area contributed by atoms with Gasteiger partial charge in [0.2, 0.25) is 0 Å². The van der Waals surface area contributed by atoms with Gasteiger partial charge in [-0.3, -0.25) is 0 Å². The first kappa shape index (κ1) is 16.8. The summed E-state index contributed by atoms with van der Waals surface area (Å²) in [4.78, 5) is 8.89. The Balaban J connectivity index is -0.0000000450. The van der Waals surface area contributed by atoms with Crippen molar-refractivity contribution in [3.05, 3.63) is 0 Å². The van der Waals surface area contributed by atoms with E-state index in [1.807, 2.05) is 0 Å². The molecule has 0 aromatic rings. The summed E-state index contributed by atoms with van der Waals surface area (Å²) < 4.78 is 0. The molecular weight excluding hydrogens is 127 g/mol. The predicted octanol–water partition coefficient (Wildman–Crippen LogP) is -1.37. The van der Waals surface area contributed by atoms with E-state index in [1.165, 1.54) is 0 Å². The van der Waals surface area contributed by atoms with Crippen LogP contribution in [0.2, 0.25) is 0 Å². The van der Waals surface area contributed by atoms with Crippen LogP contribution in [0.3, 0.4) is 0 Å². The second-order valence-corrected chi connectivity index (χ2v) is 0.492. The number of aliphatic carboxylic acids is 1. The Morgan fingerprint density at radius 2 is 1.67 bits per heavy atom. The summed E-state index contributed by atoms with van der Waals surface area (Å²) in [5.74, 6) is -1.08. The van der Waals surface area contributed by atoms with E-state index in [1.54, 1.807) is 0 Å². The fraction of sp³-hybridized carbons (Fsp3) is 0.500. The number of carbonyl (C=O) groups excluding carboxylic acids is 1. The molecule has 0 aliphatic carbocycles. The molecule has 0 amide bonds. The SMILES string of the molecule is CC(=O)[O-].[Mn+3].[O-2]. The van der Waals surface area contributed by atoms with Crippen molar-refractivity contribution in [2.24, 2.45) is 0 Å². The monoisotopic (exact) mass is 130 g/mol. The van der Waals surface area contributed by atoms with Crippen molar-refractivity contribution in [3.63, 3.8) is 0 Å². The summed E-state index contributed by atoms with van der Waals surface area (Å²) in [7, 11) is 0. The molecule has 0 rings (SSSR count). The molecule has 0 radical (unpaired) electrons.